The van der Waals surface area contributed by atoms with E-state index < -0.39 is 0 Å². The highest BCUT2D eigenvalue weighted by atomic mass is 32.2. The number of benzene rings is 2. The predicted molar refractivity (Wildman–Crippen MR) is 95.2 cm³/mol. The second-order valence-corrected chi connectivity index (χ2v) is 6.93. The molecule has 0 aliphatic carbocycles. The van der Waals surface area contributed by atoms with E-state index in [4.69, 9.17) is 0 Å². The van der Waals surface area contributed by atoms with E-state index in [0.717, 1.165) is 6.54 Å². The second-order valence-electron chi connectivity index (χ2n) is 5.66. The summed E-state index contributed by atoms with van der Waals surface area (Å²) in [5.74, 6) is 0. The van der Waals surface area contributed by atoms with Crippen LogP contribution in [0.3, 0.4) is 0 Å². The summed E-state index contributed by atoms with van der Waals surface area (Å²) in [5, 5.41) is 4.36. The lowest BCUT2D eigenvalue weighted by molar-refractivity contribution is 0.602. The van der Waals surface area contributed by atoms with Gasteiger partial charge in [-0.15, -0.1) is 0 Å². The molecule has 0 amide bonds. The van der Waals surface area contributed by atoms with Gasteiger partial charge in [0.15, 0.2) is 0 Å². The fourth-order valence-electron chi connectivity index (χ4n) is 2.57. The van der Waals surface area contributed by atoms with Crippen LogP contribution in [0, 0.1) is 13.8 Å². The number of rotatable bonds is 6. The van der Waals surface area contributed by atoms with Gasteiger partial charge in [0.05, 0.1) is 6.04 Å². The van der Waals surface area contributed by atoms with Crippen LogP contribution in [0.15, 0.2) is 48.5 Å². The van der Waals surface area contributed by atoms with Crippen LogP contribution in [0.25, 0.3) is 0 Å². The summed E-state index contributed by atoms with van der Waals surface area (Å²) < 4.78 is 0. The summed E-state index contributed by atoms with van der Waals surface area (Å²) in [6.45, 7) is 7.63. The first kappa shape index (κ1) is 16.1. The third kappa shape index (κ3) is 4.36. The molecule has 0 heterocycles. The molecule has 2 unspecified atom stereocenters. The van der Waals surface area contributed by atoms with Crippen molar-refractivity contribution in [2.45, 2.75) is 32.1 Å². The van der Waals surface area contributed by atoms with E-state index in [1.54, 1.807) is 0 Å². The van der Waals surface area contributed by atoms with Crippen molar-refractivity contribution in [3.05, 3.63) is 70.8 Å². The molecule has 21 heavy (non-hydrogen) atoms. The van der Waals surface area contributed by atoms with Crippen molar-refractivity contribution < 1.29 is 0 Å². The molecule has 0 aliphatic rings. The summed E-state index contributed by atoms with van der Waals surface area (Å²) in [5.41, 5.74) is 5.38. The van der Waals surface area contributed by atoms with E-state index in [1.165, 1.54) is 22.3 Å². The van der Waals surface area contributed by atoms with Crippen LogP contribution < -0.4 is 5.32 Å². The smallest absolute Gasteiger partial charge is 0.0579 e. The molecular weight excluding hydrogens is 274 g/mol. The minimum atomic E-state index is 0.265. The maximum atomic E-state index is 3.74. The van der Waals surface area contributed by atoms with Crippen LogP contribution in [-0.2, 0) is 0 Å². The molecule has 2 atom stereocenters. The average molecular weight is 299 g/mol. The van der Waals surface area contributed by atoms with Crippen molar-refractivity contribution in [3.63, 3.8) is 0 Å². The molecule has 0 spiro atoms. The summed E-state index contributed by atoms with van der Waals surface area (Å²) in [6.07, 6.45) is 2.17. The van der Waals surface area contributed by atoms with Crippen molar-refractivity contribution >= 4 is 11.8 Å². The van der Waals surface area contributed by atoms with E-state index in [0.29, 0.717) is 5.25 Å². The summed E-state index contributed by atoms with van der Waals surface area (Å²) in [7, 11) is 0. The van der Waals surface area contributed by atoms with E-state index in [-0.39, 0.29) is 6.04 Å². The third-order valence-corrected chi connectivity index (χ3v) is 4.85. The molecule has 1 N–H and O–H groups in total. The second kappa shape index (κ2) is 7.67. The van der Waals surface area contributed by atoms with Gasteiger partial charge in [-0.1, -0.05) is 61.0 Å². The highest BCUT2D eigenvalue weighted by Gasteiger charge is 2.16. The highest BCUT2D eigenvalue weighted by molar-refractivity contribution is 7.99. The Morgan fingerprint density at radius 2 is 1.76 bits per heavy atom. The number of hydrogen-bond acceptors (Lipinski definition) is 2. The molecule has 0 fully saturated rings. The first-order valence-corrected chi connectivity index (χ1v) is 8.79. The quantitative estimate of drug-likeness (QED) is 0.827. The van der Waals surface area contributed by atoms with Gasteiger partial charge in [-0.2, -0.15) is 11.8 Å². The summed E-state index contributed by atoms with van der Waals surface area (Å²) >= 11 is 1.90. The van der Waals surface area contributed by atoms with Gasteiger partial charge in [0.1, 0.15) is 0 Å². The van der Waals surface area contributed by atoms with Crippen LogP contribution in [-0.4, -0.2) is 18.1 Å². The molecule has 112 valence electrons. The zero-order chi connectivity index (χ0) is 15.2. The zero-order valence-corrected chi connectivity index (χ0v) is 14.2. The maximum absolute atomic E-state index is 3.74. The Hall–Kier alpha value is -1.25. The van der Waals surface area contributed by atoms with Gasteiger partial charge in [0.25, 0.3) is 0 Å². The van der Waals surface area contributed by atoms with Gasteiger partial charge in [-0.05, 0) is 36.8 Å². The van der Waals surface area contributed by atoms with Crippen molar-refractivity contribution in [3.8, 4) is 0 Å². The number of hydrogen-bond donors (Lipinski definition) is 1. The monoisotopic (exact) mass is 299 g/mol. The molecule has 0 radical (unpaired) electrons. The highest BCUT2D eigenvalue weighted by Crippen LogP contribution is 2.26. The topological polar surface area (TPSA) is 12.0 Å². The largest absolute Gasteiger partial charge is 0.305 e. The Bertz CT molecular complexity index is 565. The Balaban J connectivity index is 2.31. The van der Waals surface area contributed by atoms with E-state index in [9.17, 15) is 0 Å². The minimum absolute atomic E-state index is 0.265. The molecule has 0 saturated carbocycles. The number of thioether (sulfide) groups is 1. The molecule has 2 heteroatoms. The Kier molecular flexibility index (Phi) is 5.89. The van der Waals surface area contributed by atoms with Gasteiger partial charge >= 0.3 is 0 Å². The van der Waals surface area contributed by atoms with Crippen LogP contribution in [0.5, 0.6) is 0 Å². The summed E-state index contributed by atoms with van der Waals surface area (Å²) in [6, 6.07) is 17.7. The van der Waals surface area contributed by atoms with Gasteiger partial charge in [0.2, 0.25) is 0 Å². The third-order valence-electron chi connectivity index (χ3n) is 3.88. The minimum Gasteiger partial charge on any atom is -0.305 e. The molecule has 2 aromatic carbocycles. The van der Waals surface area contributed by atoms with Crippen molar-refractivity contribution in [1.29, 1.82) is 0 Å². The number of nitrogens with one attached hydrogen (secondary N) is 1. The molecular formula is C19H25NS. The Labute approximate surface area is 133 Å². The standard InChI is InChI=1S/C19H25NS/c1-14-10-11-18(15(2)12-14)19(20-13-16(3)21-4)17-8-6-5-7-9-17/h5-12,16,19-20H,13H2,1-4H3. The van der Waals surface area contributed by atoms with Gasteiger partial charge in [-0.25, -0.2) is 0 Å². The van der Waals surface area contributed by atoms with E-state index >= 15 is 0 Å². The van der Waals surface area contributed by atoms with Gasteiger partial charge < -0.3 is 5.32 Å². The van der Waals surface area contributed by atoms with Crippen LogP contribution in [0.1, 0.15) is 35.2 Å². The predicted octanol–water partition coefficient (Wildman–Crippen LogP) is 4.73. The first-order chi connectivity index (χ1) is 10.1. The maximum Gasteiger partial charge on any atom is 0.0579 e. The van der Waals surface area contributed by atoms with Crippen molar-refractivity contribution in [2.75, 3.05) is 12.8 Å². The van der Waals surface area contributed by atoms with Crippen LogP contribution in [0.4, 0.5) is 0 Å². The van der Waals surface area contributed by atoms with Crippen LogP contribution in [0.2, 0.25) is 0 Å². The lowest BCUT2D eigenvalue weighted by Gasteiger charge is -2.23. The zero-order valence-electron chi connectivity index (χ0n) is 13.4. The fourth-order valence-corrected chi connectivity index (χ4v) is 2.83. The van der Waals surface area contributed by atoms with E-state index in [2.05, 4.69) is 80.9 Å². The van der Waals surface area contributed by atoms with Crippen molar-refractivity contribution in [1.82, 2.24) is 5.32 Å². The molecule has 0 aromatic heterocycles. The molecule has 1 nitrogen and oxygen atoms in total. The molecule has 2 aromatic rings. The fraction of sp³-hybridized carbons (Fsp3) is 0.368. The Morgan fingerprint density at radius 1 is 1.05 bits per heavy atom. The normalized spacial score (nSPS) is 13.9. The lowest BCUT2D eigenvalue weighted by atomic mass is 9.94. The van der Waals surface area contributed by atoms with Crippen molar-refractivity contribution in [2.24, 2.45) is 0 Å². The molecule has 0 saturated heterocycles. The average Bonchev–Trinajstić information content (AvgIpc) is 2.50. The molecule has 0 aliphatic heterocycles. The molecule has 0 bridgehead atoms. The van der Waals surface area contributed by atoms with Gasteiger partial charge in [0, 0.05) is 11.8 Å². The Morgan fingerprint density at radius 3 is 2.38 bits per heavy atom. The number of aryl methyl sites for hydroxylation is 2. The SMILES string of the molecule is CSC(C)CNC(c1ccccc1)c1ccc(C)cc1C. The van der Waals surface area contributed by atoms with Crippen LogP contribution >= 0.6 is 11.8 Å². The van der Waals surface area contributed by atoms with Gasteiger partial charge in [-0.3, -0.25) is 0 Å². The van der Waals surface area contributed by atoms with E-state index in [1.807, 2.05) is 11.8 Å². The molecule has 2 rings (SSSR count). The lowest BCUT2D eigenvalue weighted by Crippen LogP contribution is -2.28. The first-order valence-electron chi connectivity index (χ1n) is 7.50. The summed E-state index contributed by atoms with van der Waals surface area (Å²) in [4.78, 5) is 0.